The number of fused-ring (bicyclic) bond motifs is 1. The zero-order chi connectivity index (χ0) is 17.6. The maximum atomic E-state index is 6.14. The van der Waals surface area contributed by atoms with Crippen molar-refractivity contribution in [3.63, 3.8) is 0 Å². The molecule has 134 valence electrons. The Bertz CT molecular complexity index is 659. The molecule has 25 heavy (non-hydrogen) atoms. The first-order valence-corrected chi connectivity index (χ1v) is 9.48. The first-order valence-electron chi connectivity index (χ1n) is 9.48. The van der Waals surface area contributed by atoms with Gasteiger partial charge < -0.3 is 9.47 Å². The summed E-state index contributed by atoms with van der Waals surface area (Å²) in [4.78, 5) is 9.95. The van der Waals surface area contributed by atoms with Gasteiger partial charge in [0, 0.05) is 0 Å². The van der Waals surface area contributed by atoms with Gasteiger partial charge >= 0.3 is 0 Å². The normalized spacial score (nSPS) is 27.1. The van der Waals surface area contributed by atoms with Crippen LogP contribution in [0.15, 0.2) is 34.3 Å². The van der Waals surface area contributed by atoms with Gasteiger partial charge in [0.15, 0.2) is 11.8 Å². The molecule has 1 aliphatic carbocycles. The van der Waals surface area contributed by atoms with Crippen LogP contribution in [-0.4, -0.2) is 37.1 Å². The monoisotopic (exact) mass is 340 g/mol. The van der Waals surface area contributed by atoms with E-state index in [1.54, 1.807) is 0 Å². The summed E-state index contributed by atoms with van der Waals surface area (Å²) in [6.45, 7) is 10.2. The molecule has 2 heterocycles. The van der Waals surface area contributed by atoms with E-state index in [9.17, 15) is 0 Å². The molecule has 0 spiro atoms. The molecule has 4 rings (SSSR count). The summed E-state index contributed by atoms with van der Waals surface area (Å²) in [5.41, 5.74) is 2.37. The van der Waals surface area contributed by atoms with Crippen LogP contribution < -0.4 is 0 Å². The molecule has 1 aromatic rings. The summed E-state index contributed by atoms with van der Waals surface area (Å²) in [5.74, 6) is 2.64. The van der Waals surface area contributed by atoms with E-state index in [4.69, 9.17) is 19.5 Å². The second-order valence-corrected chi connectivity index (χ2v) is 8.32. The minimum Gasteiger partial charge on any atom is -0.478 e. The molecule has 0 saturated carbocycles. The van der Waals surface area contributed by atoms with Gasteiger partial charge in [-0.05, 0) is 35.8 Å². The van der Waals surface area contributed by atoms with Crippen molar-refractivity contribution in [2.45, 2.75) is 52.6 Å². The number of aliphatic imine (C=N–C) groups is 2. The topological polar surface area (TPSA) is 43.2 Å². The lowest BCUT2D eigenvalue weighted by atomic mass is 9.83. The molecule has 3 aliphatic rings. The number of benzene rings is 1. The van der Waals surface area contributed by atoms with Gasteiger partial charge in [0.25, 0.3) is 0 Å². The van der Waals surface area contributed by atoms with Gasteiger partial charge in [-0.1, -0.05) is 52.0 Å². The molecule has 0 saturated heterocycles. The van der Waals surface area contributed by atoms with Crippen molar-refractivity contribution in [2.75, 3.05) is 13.2 Å². The second kappa shape index (κ2) is 6.15. The molecule has 0 bridgehead atoms. The molecule has 4 heteroatoms. The largest absolute Gasteiger partial charge is 0.478 e. The van der Waals surface area contributed by atoms with Crippen LogP contribution in [0.3, 0.4) is 0 Å². The van der Waals surface area contributed by atoms with Crippen molar-refractivity contribution in [3.05, 3.63) is 35.4 Å². The van der Waals surface area contributed by atoms with Gasteiger partial charge in [0.2, 0.25) is 0 Å². The SMILES string of the molecule is CC(C)[C@@H]1COC(C2(C3=N[C@H](C(C)C)CO3)Cc3ccccc3C2)=N1. The van der Waals surface area contributed by atoms with Crippen molar-refractivity contribution < 1.29 is 9.47 Å². The molecular formula is C21H28N2O2. The van der Waals surface area contributed by atoms with Gasteiger partial charge in [-0.2, -0.15) is 0 Å². The van der Waals surface area contributed by atoms with Crippen LogP contribution in [0.4, 0.5) is 0 Å². The highest BCUT2D eigenvalue weighted by Crippen LogP contribution is 2.43. The minimum atomic E-state index is -0.350. The van der Waals surface area contributed by atoms with E-state index in [0.717, 1.165) is 24.6 Å². The highest BCUT2D eigenvalue weighted by Gasteiger charge is 2.52. The first-order chi connectivity index (χ1) is 12.0. The maximum Gasteiger partial charge on any atom is 0.200 e. The van der Waals surface area contributed by atoms with E-state index in [1.807, 2.05) is 0 Å². The standard InChI is InChI=1S/C21H28N2O2/c1-13(2)17-11-24-19(22-17)21(20-23-18(12-25-20)14(3)4)9-15-7-5-6-8-16(15)10-21/h5-8,13-14,17-18H,9-12H2,1-4H3/t17-,18-/m0/s1. The number of nitrogens with zero attached hydrogens (tertiary/aromatic N) is 2. The summed E-state index contributed by atoms with van der Waals surface area (Å²) in [5, 5.41) is 0. The molecule has 0 radical (unpaired) electrons. The number of hydrogen-bond acceptors (Lipinski definition) is 4. The quantitative estimate of drug-likeness (QED) is 0.839. The van der Waals surface area contributed by atoms with Crippen molar-refractivity contribution >= 4 is 11.8 Å². The van der Waals surface area contributed by atoms with Crippen LogP contribution in [0.2, 0.25) is 0 Å². The molecule has 0 fully saturated rings. The number of ether oxygens (including phenoxy) is 2. The smallest absolute Gasteiger partial charge is 0.200 e. The molecule has 0 aromatic heterocycles. The number of hydrogen-bond donors (Lipinski definition) is 0. The fourth-order valence-electron chi connectivity index (χ4n) is 3.99. The lowest BCUT2D eigenvalue weighted by Crippen LogP contribution is -2.41. The average molecular weight is 340 g/mol. The Morgan fingerprint density at radius 2 is 1.28 bits per heavy atom. The third kappa shape index (κ3) is 2.76. The summed E-state index contributed by atoms with van der Waals surface area (Å²) >= 11 is 0. The molecule has 2 atom stereocenters. The lowest BCUT2D eigenvalue weighted by molar-refractivity contribution is 0.241. The molecule has 1 aromatic carbocycles. The highest BCUT2D eigenvalue weighted by molar-refractivity contribution is 6.07. The Morgan fingerprint density at radius 1 is 0.840 bits per heavy atom. The Kier molecular flexibility index (Phi) is 4.09. The average Bonchev–Trinajstić information content (AvgIpc) is 3.31. The van der Waals surface area contributed by atoms with E-state index in [0.29, 0.717) is 25.0 Å². The van der Waals surface area contributed by atoms with Crippen molar-refractivity contribution in [2.24, 2.45) is 27.2 Å². The van der Waals surface area contributed by atoms with Crippen LogP contribution in [0.25, 0.3) is 0 Å². The van der Waals surface area contributed by atoms with Crippen molar-refractivity contribution in [3.8, 4) is 0 Å². The van der Waals surface area contributed by atoms with E-state index < -0.39 is 0 Å². The van der Waals surface area contributed by atoms with Gasteiger partial charge in [0.1, 0.15) is 18.6 Å². The fourth-order valence-corrected chi connectivity index (χ4v) is 3.99. The lowest BCUT2D eigenvalue weighted by Gasteiger charge is -2.27. The zero-order valence-corrected chi connectivity index (χ0v) is 15.7. The van der Waals surface area contributed by atoms with Gasteiger partial charge in [-0.15, -0.1) is 0 Å². The summed E-state index contributed by atoms with van der Waals surface area (Å²) in [6, 6.07) is 9.11. The molecule has 0 unspecified atom stereocenters. The second-order valence-electron chi connectivity index (χ2n) is 8.32. The van der Waals surface area contributed by atoms with Crippen LogP contribution in [-0.2, 0) is 22.3 Å². The Morgan fingerprint density at radius 3 is 1.64 bits per heavy atom. The van der Waals surface area contributed by atoms with Crippen LogP contribution in [0.5, 0.6) is 0 Å². The molecule has 4 nitrogen and oxygen atoms in total. The summed E-state index contributed by atoms with van der Waals surface area (Å²) in [6.07, 6.45) is 1.74. The maximum absolute atomic E-state index is 6.14. The number of rotatable bonds is 4. The highest BCUT2D eigenvalue weighted by atomic mass is 16.5. The summed E-state index contributed by atoms with van der Waals surface area (Å²) < 4.78 is 12.3. The van der Waals surface area contributed by atoms with Crippen molar-refractivity contribution in [1.82, 2.24) is 0 Å². The Balaban J connectivity index is 1.74. The fraction of sp³-hybridized carbons (Fsp3) is 0.619. The Labute approximate surface area is 150 Å². The Hall–Kier alpha value is -1.84. The van der Waals surface area contributed by atoms with Crippen LogP contribution >= 0.6 is 0 Å². The predicted molar refractivity (Wildman–Crippen MR) is 100 cm³/mol. The molecule has 0 amide bonds. The molecule has 2 aliphatic heterocycles. The van der Waals surface area contributed by atoms with E-state index in [2.05, 4.69) is 52.0 Å². The molecular weight excluding hydrogens is 312 g/mol. The zero-order valence-electron chi connectivity index (χ0n) is 15.7. The predicted octanol–water partition coefficient (Wildman–Crippen LogP) is 3.68. The van der Waals surface area contributed by atoms with Crippen LogP contribution in [0, 0.1) is 17.3 Å². The van der Waals surface area contributed by atoms with E-state index >= 15 is 0 Å². The van der Waals surface area contributed by atoms with Crippen molar-refractivity contribution in [1.29, 1.82) is 0 Å². The third-order valence-electron chi connectivity index (χ3n) is 5.81. The van der Waals surface area contributed by atoms with E-state index in [1.165, 1.54) is 11.1 Å². The summed E-state index contributed by atoms with van der Waals surface area (Å²) in [7, 11) is 0. The van der Waals surface area contributed by atoms with Gasteiger partial charge in [0.05, 0.1) is 12.1 Å². The third-order valence-corrected chi connectivity index (χ3v) is 5.81. The minimum absolute atomic E-state index is 0.235. The van der Waals surface area contributed by atoms with E-state index in [-0.39, 0.29) is 17.5 Å². The van der Waals surface area contributed by atoms with Crippen LogP contribution in [0.1, 0.15) is 38.8 Å². The van der Waals surface area contributed by atoms with Gasteiger partial charge in [-0.3, -0.25) is 0 Å². The molecule has 0 N–H and O–H groups in total. The van der Waals surface area contributed by atoms with Gasteiger partial charge in [-0.25, -0.2) is 9.98 Å². The first kappa shape index (κ1) is 16.6.